The topological polar surface area (TPSA) is 44.4 Å². The number of benzene rings is 1. The van der Waals surface area contributed by atoms with Crippen molar-refractivity contribution in [3.05, 3.63) is 41.8 Å². The molecule has 3 fully saturated rings. The number of morpholine rings is 1. The van der Waals surface area contributed by atoms with Crippen LogP contribution >= 0.6 is 0 Å². The lowest BCUT2D eigenvalue weighted by atomic mass is 10.0. The lowest BCUT2D eigenvalue weighted by Crippen LogP contribution is -2.62. The lowest BCUT2D eigenvalue weighted by molar-refractivity contribution is -0.0879. The van der Waals surface area contributed by atoms with Crippen LogP contribution in [-0.4, -0.2) is 64.9 Å². The summed E-state index contributed by atoms with van der Waals surface area (Å²) in [6.07, 6.45) is 4.64. The van der Waals surface area contributed by atoms with Gasteiger partial charge in [0.2, 0.25) is 0 Å². The molecule has 2 saturated heterocycles. The molecule has 5 nitrogen and oxygen atoms in total. The van der Waals surface area contributed by atoms with Crippen molar-refractivity contribution in [3.8, 4) is 11.3 Å². The van der Waals surface area contributed by atoms with E-state index in [9.17, 15) is 4.39 Å². The van der Waals surface area contributed by atoms with Crippen LogP contribution in [0.4, 0.5) is 4.39 Å². The molecular weight excluding hydrogens is 331 g/mol. The molecule has 2 aliphatic heterocycles. The molecule has 3 aliphatic rings. The summed E-state index contributed by atoms with van der Waals surface area (Å²) in [7, 11) is 0. The fourth-order valence-electron chi connectivity index (χ4n) is 4.51. The highest BCUT2D eigenvalue weighted by atomic mass is 19.1. The number of fused-ring (bicyclic) bond motifs is 1. The molecule has 6 heteroatoms. The first kappa shape index (κ1) is 16.4. The molecule has 1 aromatic heterocycles. The van der Waals surface area contributed by atoms with Gasteiger partial charge in [0.15, 0.2) is 0 Å². The Labute approximate surface area is 153 Å². The normalized spacial score (nSPS) is 27.4. The van der Waals surface area contributed by atoms with E-state index in [1.165, 1.54) is 30.5 Å². The smallest absolute Gasteiger partial charge is 0.123 e. The number of rotatable bonds is 4. The summed E-state index contributed by atoms with van der Waals surface area (Å²) < 4.78 is 19.1. The Morgan fingerprint density at radius 1 is 1.15 bits per heavy atom. The summed E-state index contributed by atoms with van der Waals surface area (Å²) >= 11 is 0. The number of ether oxygens (including phenoxy) is 1. The van der Waals surface area contributed by atoms with Crippen molar-refractivity contribution < 1.29 is 9.13 Å². The number of aromatic amines is 1. The van der Waals surface area contributed by atoms with Crippen LogP contribution in [0.5, 0.6) is 0 Å². The third-order valence-corrected chi connectivity index (χ3v) is 6.05. The van der Waals surface area contributed by atoms with Gasteiger partial charge in [0, 0.05) is 49.4 Å². The zero-order valence-corrected chi connectivity index (χ0v) is 14.9. The first-order valence-electron chi connectivity index (χ1n) is 9.62. The molecule has 138 valence electrons. The SMILES string of the molecule is Fc1ccc(-c2[nH]ncc2CN2CCN3[C@@H](COC[C@@H]3C3CC3)C2)cc1. The molecule has 1 aromatic carbocycles. The van der Waals surface area contributed by atoms with Crippen LogP contribution < -0.4 is 0 Å². The number of nitrogens with zero attached hydrogens (tertiary/aromatic N) is 3. The molecule has 26 heavy (non-hydrogen) atoms. The largest absolute Gasteiger partial charge is 0.378 e. The first-order valence-corrected chi connectivity index (χ1v) is 9.62. The minimum absolute atomic E-state index is 0.214. The fourth-order valence-corrected chi connectivity index (χ4v) is 4.51. The minimum Gasteiger partial charge on any atom is -0.378 e. The number of H-pyrrole nitrogens is 1. The molecule has 0 radical (unpaired) electrons. The van der Waals surface area contributed by atoms with Gasteiger partial charge in [-0.3, -0.25) is 14.9 Å². The highest BCUT2D eigenvalue weighted by Gasteiger charge is 2.42. The highest BCUT2D eigenvalue weighted by Crippen LogP contribution is 2.38. The van der Waals surface area contributed by atoms with Crippen LogP contribution in [0.25, 0.3) is 11.3 Å². The van der Waals surface area contributed by atoms with E-state index in [0.29, 0.717) is 12.1 Å². The number of hydrogen-bond donors (Lipinski definition) is 1. The Hall–Kier alpha value is -1.76. The Kier molecular flexibility index (Phi) is 4.27. The van der Waals surface area contributed by atoms with Gasteiger partial charge >= 0.3 is 0 Å². The summed E-state index contributed by atoms with van der Waals surface area (Å²) in [6, 6.07) is 7.74. The molecule has 1 saturated carbocycles. The van der Waals surface area contributed by atoms with Crippen LogP contribution in [0, 0.1) is 11.7 Å². The molecule has 0 spiro atoms. The number of halogens is 1. The monoisotopic (exact) mass is 356 g/mol. The maximum atomic E-state index is 13.2. The molecule has 2 atom stereocenters. The molecule has 1 N–H and O–H groups in total. The maximum Gasteiger partial charge on any atom is 0.123 e. The van der Waals surface area contributed by atoms with Crippen LogP contribution in [-0.2, 0) is 11.3 Å². The first-order chi connectivity index (χ1) is 12.8. The van der Waals surface area contributed by atoms with E-state index in [4.69, 9.17) is 4.74 Å². The van der Waals surface area contributed by atoms with Crippen molar-refractivity contribution in [1.82, 2.24) is 20.0 Å². The zero-order chi connectivity index (χ0) is 17.5. The van der Waals surface area contributed by atoms with Gasteiger partial charge in [0.1, 0.15) is 5.82 Å². The molecule has 0 bridgehead atoms. The predicted molar refractivity (Wildman–Crippen MR) is 97.1 cm³/mol. The average molecular weight is 356 g/mol. The van der Waals surface area contributed by atoms with Crippen molar-refractivity contribution in [2.24, 2.45) is 5.92 Å². The number of hydrogen-bond acceptors (Lipinski definition) is 4. The van der Waals surface area contributed by atoms with Crippen molar-refractivity contribution >= 4 is 0 Å². The van der Waals surface area contributed by atoms with Gasteiger partial charge in [-0.1, -0.05) is 0 Å². The highest BCUT2D eigenvalue weighted by molar-refractivity contribution is 5.62. The fraction of sp³-hybridized carbons (Fsp3) is 0.550. The average Bonchev–Trinajstić information content (AvgIpc) is 3.41. The van der Waals surface area contributed by atoms with Crippen LogP contribution in [0.3, 0.4) is 0 Å². The van der Waals surface area contributed by atoms with Gasteiger partial charge in [-0.15, -0.1) is 0 Å². The van der Waals surface area contributed by atoms with E-state index >= 15 is 0 Å². The Bertz CT molecular complexity index is 757. The standard InChI is InChI=1S/C20H25FN4O/c21-17-5-3-15(4-6-17)20-16(9-22-23-20)10-24-7-8-25-18(11-24)12-26-13-19(25)14-1-2-14/h3-6,9,14,18-19H,1-2,7-8,10-13H2,(H,22,23)/t18-,19-/m1/s1. The second-order valence-electron chi connectivity index (χ2n) is 7.85. The van der Waals surface area contributed by atoms with Crippen LogP contribution in [0.1, 0.15) is 18.4 Å². The van der Waals surface area contributed by atoms with Gasteiger partial charge in [-0.25, -0.2) is 4.39 Å². The Balaban J connectivity index is 1.28. The Morgan fingerprint density at radius 3 is 2.81 bits per heavy atom. The van der Waals surface area contributed by atoms with Crippen molar-refractivity contribution in [3.63, 3.8) is 0 Å². The van der Waals surface area contributed by atoms with Gasteiger partial charge in [0.25, 0.3) is 0 Å². The minimum atomic E-state index is -0.214. The van der Waals surface area contributed by atoms with Gasteiger partial charge in [-0.05, 0) is 43.0 Å². The van der Waals surface area contributed by atoms with Crippen molar-refractivity contribution in [2.45, 2.75) is 31.5 Å². The summed E-state index contributed by atoms with van der Waals surface area (Å²) in [5, 5.41) is 7.31. The van der Waals surface area contributed by atoms with E-state index < -0.39 is 0 Å². The van der Waals surface area contributed by atoms with E-state index in [2.05, 4.69) is 20.0 Å². The Morgan fingerprint density at radius 2 is 2.00 bits per heavy atom. The van der Waals surface area contributed by atoms with Crippen LogP contribution in [0.2, 0.25) is 0 Å². The van der Waals surface area contributed by atoms with Crippen molar-refractivity contribution in [2.75, 3.05) is 32.8 Å². The van der Waals surface area contributed by atoms with Crippen molar-refractivity contribution in [1.29, 1.82) is 0 Å². The molecule has 2 aromatic rings. The second-order valence-corrected chi connectivity index (χ2v) is 7.85. The molecule has 0 unspecified atom stereocenters. The molecular formula is C20H25FN4O. The number of nitrogens with one attached hydrogen (secondary N) is 1. The predicted octanol–water partition coefficient (Wildman–Crippen LogP) is 2.51. The van der Waals surface area contributed by atoms with Gasteiger partial charge in [-0.2, -0.15) is 5.10 Å². The third-order valence-electron chi connectivity index (χ3n) is 6.05. The second kappa shape index (κ2) is 6.76. The van der Waals surface area contributed by atoms with E-state index in [0.717, 1.165) is 56.6 Å². The van der Waals surface area contributed by atoms with E-state index in [1.54, 1.807) is 12.1 Å². The number of piperazine rings is 1. The third kappa shape index (κ3) is 3.17. The molecule has 3 heterocycles. The number of aromatic nitrogens is 2. The summed E-state index contributed by atoms with van der Waals surface area (Å²) in [5.41, 5.74) is 3.14. The summed E-state index contributed by atoms with van der Waals surface area (Å²) in [5.74, 6) is 0.650. The lowest BCUT2D eigenvalue weighted by Gasteiger charge is -2.48. The molecule has 5 rings (SSSR count). The van der Waals surface area contributed by atoms with E-state index in [-0.39, 0.29) is 5.82 Å². The summed E-state index contributed by atoms with van der Waals surface area (Å²) in [6.45, 7) is 5.86. The summed E-state index contributed by atoms with van der Waals surface area (Å²) in [4.78, 5) is 5.20. The van der Waals surface area contributed by atoms with E-state index in [1.807, 2.05) is 6.20 Å². The molecule has 0 amide bonds. The quantitative estimate of drug-likeness (QED) is 0.914. The molecule has 1 aliphatic carbocycles. The van der Waals surface area contributed by atoms with Gasteiger partial charge in [0.05, 0.1) is 25.1 Å². The van der Waals surface area contributed by atoms with Gasteiger partial charge < -0.3 is 4.74 Å². The maximum absolute atomic E-state index is 13.2. The zero-order valence-electron chi connectivity index (χ0n) is 14.9. The van der Waals surface area contributed by atoms with Crippen LogP contribution in [0.15, 0.2) is 30.5 Å².